The van der Waals surface area contributed by atoms with Gasteiger partial charge >= 0.3 is 0 Å². The van der Waals surface area contributed by atoms with E-state index < -0.39 is 0 Å². The lowest BCUT2D eigenvalue weighted by Crippen LogP contribution is -2.28. The minimum atomic E-state index is -0.143. The van der Waals surface area contributed by atoms with E-state index in [4.69, 9.17) is 11.6 Å². The molecule has 3 rings (SSSR count). The Morgan fingerprint density at radius 3 is 2.80 bits per heavy atom. The zero-order valence-corrected chi connectivity index (χ0v) is 15.5. The van der Waals surface area contributed by atoms with Gasteiger partial charge in [-0.2, -0.15) is 0 Å². The molecule has 132 valence electrons. The first-order valence-electron chi connectivity index (χ1n) is 8.11. The third kappa shape index (κ3) is 3.43. The highest BCUT2D eigenvalue weighted by atomic mass is 35.5. The molecule has 7 nitrogen and oxygen atoms in total. The molecule has 25 heavy (non-hydrogen) atoms. The lowest BCUT2D eigenvalue weighted by Gasteiger charge is -2.18. The standard InChI is InChI=1S/C17H21ClN6O/c1-11(2)24-10-19-21-14(24)9-22(4)8-13-15(18)20-16-12(3)6-5-7-23(16)17(13)25/h5-7,10-11H,8-9H2,1-4H3. The van der Waals surface area contributed by atoms with Crippen molar-refractivity contribution in [3.63, 3.8) is 0 Å². The van der Waals surface area contributed by atoms with E-state index in [1.165, 1.54) is 0 Å². The Labute approximate surface area is 150 Å². The number of hydrogen-bond acceptors (Lipinski definition) is 5. The number of rotatable bonds is 5. The Bertz CT molecular complexity index is 961. The molecule has 0 saturated carbocycles. The van der Waals surface area contributed by atoms with Crippen LogP contribution in [-0.4, -0.2) is 36.1 Å². The van der Waals surface area contributed by atoms with Gasteiger partial charge in [-0.25, -0.2) is 4.98 Å². The summed E-state index contributed by atoms with van der Waals surface area (Å²) in [5.41, 5.74) is 1.83. The second-order valence-electron chi connectivity index (χ2n) is 6.49. The molecule has 3 aromatic rings. The zero-order valence-electron chi connectivity index (χ0n) is 14.8. The third-order valence-corrected chi connectivity index (χ3v) is 4.45. The van der Waals surface area contributed by atoms with Crippen molar-refractivity contribution >= 4 is 17.2 Å². The molecule has 0 atom stereocenters. The van der Waals surface area contributed by atoms with Gasteiger partial charge in [0.25, 0.3) is 5.56 Å². The fourth-order valence-corrected chi connectivity index (χ4v) is 3.04. The van der Waals surface area contributed by atoms with E-state index >= 15 is 0 Å². The summed E-state index contributed by atoms with van der Waals surface area (Å²) >= 11 is 6.30. The summed E-state index contributed by atoms with van der Waals surface area (Å²) in [5, 5.41) is 8.38. The van der Waals surface area contributed by atoms with Gasteiger partial charge in [0.1, 0.15) is 23.0 Å². The number of halogens is 1. The molecule has 0 amide bonds. The molecular weight excluding hydrogens is 340 g/mol. The molecule has 0 fully saturated rings. The van der Waals surface area contributed by atoms with E-state index in [2.05, 4.69) is 29.0 Å². The first-order chi connectivity index (χ1) is 11.9. The summed E-state index contributed by atoms with van der Waals surface area (Å²) in [6.45, 7) is 7.00. The van der Waals surface area contributed by atoms with E-state index in [1.54, 1.807) is 16.9 Å². The van der Waals surface area contributed by atoms with Crippen LogP contribution in [0.2, 0.25) is 5.15 Å². The van der Waals surface area contributed by atoms with Crippen LogP contribution in [0.25, 0.3) is 5.65 Å². The molecule has 0 aromatic carbocycles. The highest BCUT2D eigenvalue weighted by molar-refractivity contribution is 6.30. The SMILES string of the molecule is Cc1cccn2c(=O)c(CN(C)Cc3nncn3C(C)C)c(Cl)nc12. The summed E-state index contributed by atoms with van der Waals surface area (Å²) in [7, 11) is 1.92. The van der Waals surface area contributed by atoms with Crippen LogP contribution < -0.4 is 5.56 Å². The number of fused-ring (bicyclic) bond motifs is 1. The predicted molar refractivity (Wildman–Crippen MR) is 96.8 cm³/mol. The van der Waals surface area contributed by atoms with Crippen molar-refractivity contribution in [3.05, 3.63) is 57.1 Å². The molecule has 0 aliphatic carbocycles. The summed E-state index contributed by atoms with van der Waals surface area (Å²) < 4.78 is 3.55. The third-order valence-electron chi connectivity index (χ3n) is 4.14. The van der Waals surface area contributed by atoms with Crippen LogP contribution in [0.15, 0.2) is 29.5 Å². The minimum Gasteiger partial charge on any atom is -0.314 e. The molecule has 0 aliphatic rings. The van der Waals surface area contributed by atoms with Gasteiger partial charge in [-0.1, -0.05) is 17.7 Å². The fourth-order valence-electron chi connectivity index (χ4n) is 2.82. The van der Waals surface area contributed by atoms with Crippen LogP contribution in [0.1, 0.15) is 36.8 Å². The monoisotopic (exact) mass is 360 g/mol. The van der Waals surface area contributed by atoms with E-state index in [0.717, 1.165) is 11.4 Å². The Balaban J connectivity index is 1.90. The van der Waals surface area contributed by atoms with Gasteiger partial charge in [-0.15, -0.1) is 10.2 Å². The van der Waals surface area contributed by atoms with E-state index in [-0.39, 0.29) is 16.8 Å². The van der Waals surface area contributed by atoms with Crippen molar-refractivity contribution in [3.8, 4) is 0 Å². The van der Waals surface area contributed by atoms with Crippen LogP contribution in [0, 0.1) is 6.92 Å². The Morgan fingerprint density at radius 1 is 1.32 bits per heavy atom. The second kappa shape index (κ2) is 6.93. The largest absolute Gasteiger partial charge is 0.314 e. The molecule has 0 bridgehead atoms. The molecule has 3 heterocycles. The van der Waals surface area contributed by atoms with E-state index in [0.29, 0.717) is 24.3 Å². The van der Waals surface area contributed by atoms with Gasteiger partial charge < -0.3 is 4.57 Å². The van der Waals surface area contributed by atoms with Gasteiger partial charge in [-0.3, -0.25) is 14.1 Å². The van der Waals surface area contributed by atoms with E-state index in [9.17, 15) is 4.79 Å². The van der Waals surface area contributed by atoms with Crippen molar-refractivity contribution in [2.75, 3.05) is 7.05 Å². The van der Waals surface area contributed by atoms with Gasteiger partial charge in [0, 0.05) is 18.8 Å². The van der Waals surface area contributed by atoms with Crippen LogP contribution in [0.4, 0.5) is 0 Å². The molecule has 0 unspecified atom stereocenters. The fraction of sp³-hybridized carbons (Fsp3) is 0.412. The zero-order chi connectivity index (χ0) is 18.1. The van der Waals surface area contributed by atoms with Crippen LogP contribution in [0.5, 0.6) is 0 Å². The quantitative estimate of drug-likeness (QED) is 0.654. The summed E-state index contributed by atoms with van der Waals surface area (Å²) in [6, 6.07) is 4.01. The second-order valence-corrected chi connectivity index (χ2v) is 6.85. The average Bonchev–Trinajstić information content (AvgIpc) is 3.01. The Morgan fingerprint density at radius 2 is 2.08 bits per heavy atom. The van der Waals surface area contributed by atoms with Crippen LogP contribution in [-0.2, 0) is 13.1 Å². The molecule has 0 radical (unpaired) electrons. The van der Waals surface area contributed by atoms with E-state index in [1.807, 2.05) is 35.6 Å². The molecular formula is C17H21ClN6O. The molecule has 3 aromatic heterocycles. The maximum absolute atomic E-state index is 12.8. The smallest absolute Gasteiger partial charge is 0.263 e. The minimum absolute atomic E-state index is 0.143. The van der Waals surface area contributed by atoms with Gasteiger partial charge in [0.2, 0.25) is 0 Å². The molecule has 0 aliphatic heterocycles. The number of pyridine rings is 1. The lowest BCUT2D eigenvalue weighted by atomic mass is 10.2. The number of nitrogens with zero attached hydrogens (tertiary/aromatic N) is 6. The summed E-state index contributed by atoms with van der Waals surface area (Å²) in [6.07, 6.45) is 3.43. The Kier molecular flexibility index (Phi) is 4.87. The maximum Gasteiger partial charge on any atom is 0.263 e. The lowest BCUT2D eigenvalue weighted by molar-refractivity contribution is 0.300. The molecule has 0 spiro atoms. The van der Waals surface area contributed by atoms with Gasteiger partial charge in [-0.05, 0) is 39.4 Å². The molecule has 0 saturated heterocycles. The maximum atomic E-state index is 12.8. The van der Waals surface area contributed by atoms with Crippen LogP contribution >= 0.6 is 11.6 Å². The van der Waals surface area contributed by atoms with Gasteiger partial charge in [0.15, 0.2) is 0 Å². The number of aryl methyl sites for hydroxylation is 1. The topological polar surface area (TPSA) is 68.3 Å². The molecule has 8 heteroatoms. The number of aromatic nitrogens is 5. The first kappa shape index (κ1) is 17.6. The molecule has 0 N–H and O–H groups in total. The predicted octanol–water partition coefficient (Wildman–Crippen LogP) is 2.46. The Hall–Kier alpha value is -2.25. The normalized spacial score (nSPS) is 11.8. The highest BCUT2D eigenvalue weighted by Gasteiger charge is 2.16. The summed E-state index contributed by atoms with van der Waals surface area (Å²) in [5.74, 6) is 0.846. The van der Waals surface area contributed by atoms with Crippen molar-refractivity contribution in [2.45, 2.75) is 39.9 Å². The average molecular weight is 361 g/mol. The highest BCUT2D eigenvalue weighted by Crippen LogP contribution is 2.16. The number of hydrogen-bond donors (Lipinski definition) is 0. The van der Waals surface area contributed by atoms with Crippen molar-refractivity contribution in [1.82, 2.24) is 29.0 Å². The van der Waals surface area contributed by atoms with Crippen molar-refractivity contribution < 1.29 is 0 Å². The summed E-state index contributed by atoms with van der Waals surface area (Å²) in [4.78, 5) is 19.2. The van der Waals surface area contributed by atoms with Crippen LogP contribution in [0.3, 0.4) is 0 Å². The van der Waals surface area contributed by atoms with Crippen molar-refractivity contribution in [2.24, 2.45) is 0 Å². The van der Waals surface area contributed by atoms with Gasteiger partial charge in [0.05, 0.1) is 12.1 Å². The van der Waals surface area contributed by atoms with Crippen molar-refractivity contribution in [1.29, 1.82) is 0 Å². The first-order valence-corrected chi connectivity index (χ1v) is 8.49.